The maximum Gasteiger partial charge on any atom is 0.192 e. The normalized spacial score (nSPS) is 31.0. The lowest BCUT2D eigenvalue weighted by Gasteiger charge is -2.40. The molecule has 1 saturated carbocycles. The number of benzene rings is 2. The molecule has 124 valence electrons. The Morgan fingerprint density at radius 1 is 1.12 bits per heavy atom. The lowest BCUT2D eigenvalue weighted by molar-refractivity contribution is -0.152. The zero-order chi connectivity index (χ0) is 16.9. The van der Waals surface area contributed by atoms with Crippen LogP contribution >= 0.6 is 0 Å². The minimum Gasteiger partial charge on any atom is -0.482 e. The van der Waals surface area contributed by atoms with Crippen LogP contribution in [0, 0.1) is 11.8 Å². The summed E-state index contributed by atoms with van der Waals surface area (Å²) in [6.07, 6.45) is 0.878. The van der Waals surface area contributed by atoms with Crippen molar-refractivity contribution in [2.24, 2.45) is 11.8 Å². The fraction of sp³-hybridized carbons (Fsp3) is 0.381. The summed E-state index contributed by atoms with van der Waals surface area (Å²) in [6, 6.07) is 17.4. The van der Waals surface area contributed by atoms with Crippen molar-refractivity contribution < 1.29 is 14.6 Å². The van der Waals surface area contributed by atoms with Gasteiger partial charge in [0.1, 0.15) is 5.75 Å². The Labute approximate surface area is 142 Å². The van der Waals surface area contributed by atoms with Gasteiger partial charge >= 0.3 is 0 Å². The smallest absolute Gasteiger partial charge is 0.192 e. The van der Waals surface area contributed by atoms with Gasteiger partial charge in [-0.25, -0.2) is 0 Å². The summed E-state index contributed by atoms with van der Waals surface area (Å²) in [4.78, 5) is 12.9. The topological polar surface area (TPSA) is 46.5 Å². The number of aliphatic hydroxyl groups is 1. The molecule has 1 heterocycles. The summed E-state index contributed by atoms with van der Waals surface area (Å²) < 4.78 is 6.40. The van der Waals surface area contributed by atoms with Crippen molar-refractivity contribution in [1.82, 2.24) is 0 Å². The molecule has 1 N–H and O–H groups in total. The molecule has 1 fully saturated rings. The average Bonchev–Trinajstić information content (AvgIpc) is 2.95. The van der Waals surface area contributed by atoms with E-state index in [2.05, 4.69) is 13.8 Å². The summed E-state index contributed by atoms with van der Waals surface area (Å²) in [5.74, 6) is 0.723. The summed E-state index contributed by atoms with van der Waals surface area (Å²) in [5.41, 5.74) is -0.796. The highest BCUT2D eigenvalue weighted by Crippen LogP contribution is 2.60. The van der Waals surface area contributed by atoms with Crippen LogP contribution in [0.25, 0.3) is 0 Å². The van der Waals surface area contributed by atoms with Crippen LogP contribution in [0.5, 0.6) is 5.75 Å². The number of hydrogen-bond donors (Lipinski definition) is 1. The van der Waals surface area contributed by atoms with Gasteiger partial charge in [-0.3, -0.25) is 4.79 Å². The van der Waals surface area contributed by atoms with E-state index in [0.29, 0.717) is 24.2 Å². The van der Waals surface area contributed by atoms with Crippen LogP contribution in [0.15, 0.2) is 54.6 Å². The number of carbonyl (C=O) groups is 1. The maximum absolute atomic E-state index is 12.9. The minimum absolute atomic E-state index is 0.0254. The first-order chi connectivity index (χ1) is 11.5. The number of rotatable bonds is 3. The van der Waals surface area contributed by atoms with Crippen molar-refractivity contribution >= 4 is 5.78 Å². The van der Waals surface area contributed by atoms with Crippen LogP contribution in [-0.4, -0.2) is 16.5 Å². The van der Waals surface area contributed by atoms with E-state index in [1.54, 1.807) is 0 Å². The van der Waals surface area contributed by atoms with Crippen molar-refractivity contribution in [3.05, 3.63) is 65.7 Å². The summed E-state index contributed by atoms with van der Waals surface area (Å²) in [7, 11) is 0. The first-order valence-electron chi connectivity index (χ1n) is 8.57. The highest BCUT2D eigenvalue weighted by Gasteiger charge is 2.71. The maximum atomic E-state index is 12.9. The Bertz CT molecular complexity index is 783. The Morgan fingerprint density at radius 3 is 2.50 bits per heavy atom. The third kappa shape index (κ3) is 1.85. The molecule has 4 rings (SSSR count). The number of Topliss-reactive ketones (excluding diaryl/α,β-unsaturated/α-hetero) is 1. The van der Waals surface area contributed by atoms with Gasteiger partial charge in [0.25, 0.3) is 0 Å². The number of ether oxygens (including phenoxy) is 1. The van der Waals surface area contributed by atoms with E-state index in [0.717, 1.165) is 5.56 Å². The molecular formula is C21H22O3. The number of para-hydroxylation sites is 1. The number of carbonyl (C=O) groups excluding carboxylic acids is 1. The predicted octanol–water partition coefficient (Wildman–Crippen LogP) is 3.49. The Morgan fingerprint density at radius 2 is 1.79 bits per heavy atom. The van der Waals surface area contributed by atoms with E-state index in [4.69, 9.17) is 4.74 Å². The Kier molecular flexibility index (Phi) is 3.33. The van der Waals surface area contributed by atoms with E-state index in [1.165, 1.54) is 0 Å². The SMILES string of the molecule is CC(C)[C@@H]1CC(=O)[C@@]2(O)c3ccccc3O[C@@]12Cc1ccccc1. The lowest BCUT2D eigenvalue weighted by Crippen LogP contribution is -2.56. The van der Waals surface area contributed by atoms with E-state index in [-0.39, 0.29) is 17.6 Å². The fourth-order valence-corrected chi connectivity index (χ4v) is 4.56. The van der Waals surface area contributed by atoms with Gasteiger partial charge < -0.3 is 9.84 Å². The molecule has 0 amide bonds. The summed E-state index contributed by atoms with van der Waals surface area (Å²) in [6.45, 7) is 4.20. The fourth-order valence-electron chi connectivity index (χ4n) is 4.56. The highest BCUT2D eigenvalue weighted by atomic mass is 16.5. The number of ketones is 1. The van der Waals surface area contributed by atoms with Crippen molar-refractivity contribution in [2.75, 3.05) is 0 Å². The lowest BCUT2D eigenvalue weighted by atomic mass is 9.71. The molecule has 2 aliphatic rings. The monoisotopic (exact) mass is 322 g/mol. The number of fused-ring (bicyclic) bond motifs is 3. The molecule has 3 heteroatoms. The molecule has 3 nitrogen and oxygen atoms in total. The van der Waals surface area contributed by atoms with Crippen LogP contribution in [0.4, 0.5) is 0 Å². The summed E-state index contributed by atoms with van der Waals surface area (Å²) >= 11 is 0. The predicted molar refractivity (Wildman–Crippen MR) is 91.8 cm³/mol. The zero-order valence-electron chi connectivity index (χ0n) is 14.0. The molecule has 2 aromatic rings. The zero-order valence-corrected chi connectivity index (χ0v) is 14.0. The van der Waals surface area contributed by atoms with Gasteiger partial charge in [-0.05, 0) is 17.5 Å². The third-order valence-electron chi connectivity index (χ3n) is 5.70. The second-order valence-electron chi connectivity index (χ2n) is 7.34. The van der Waals surface area contributed by atoms with Gasteiger partial charge in [-0.2, -0.15) is 0 Å². The molecule has 0 saturated heterocycles. The van der Waals surface area contributed by atoms with Crippen LogP contribution < -0.4 is 4.74 Å². The van der Waals surface area contributed by atoms with Gasteiger partial charge in [0.15, 0.2) is 17.0 Å². The molecule has 3 atom stereocenters. The van der Waals surface area contributed by atoms with Crippen molar-refractivity contribution in [1.29, 1.82) is 0 Å². The Balaban J connectivity index is 1.90. The molecule has 1 aliphatic carbocycles. The molecule has 0 bridgehead atoms. The first kappa shape index (κ1) is 15.4. The molecule has 1 aliphatic heterocycles. The van der Waals surface area contributed by atoms with Crippen LogP contribution in [0.3, 0.4) is 0 Å². The molecule has 0 unspecified atom stereocenters. The van der Waals surface area contributed by atoms with Crippen molar-refractivity contribution in [3.63, 3.8) is 0 Å². The van der Waals surface area contributed by atoms with E-state index in [9.17, 15) is 9.90 Å². The standard InChI is InChI=1S/C21H22O3/c1-14(2)17-12-19(22)21(23)16-10-6-7-11-18(16)24-20(17,21)13-15-8-4-3-5-9-15/h3-11,14,17,23H,12-13H2,1-2H3/t17-,20-,21-/m0/s1. The van der Waals surface area contributed by atoms with Crippen molar-refractivity contribution in [3.8, 4) is 5.75 Å². The molecule has 0 aromatic heterocycles. The Hall–Kier alpha value is -2.13. The molecule has 0 radical (unpaired) electrons. The van der Waals surface area contributed by atoms with Gasteiger partial charge in [-0.1, -0.05) is 62.4 Å². The van der Waals surface area contributed by atoms with Crippen molar-refractivity contribution in [2.45, 2.75) is 37.9 Å². The molecule has 24 heavy (non-hydrogen) atoms. The van der Waals surface area contributed by atoms with Crippen LogP contribution in [0.1, 0.15) is 31.4 Å². The molecular weight excluding hydrogens is 300 g/mol. The van der Waals surface area contributed by atoms with Gasteiger partial charge in [-0.15, -0.1) is 0 Å². The second-order valence-corrected chi connectivity index (χ2v) is 7.34. The number of hydrogen-bond acceptors (Lipinski definition) is 3. The quantitative estimate of drug-likeness (QED) is 0.941. The van der Waals surface area contributed by atoms with Gasteiger partial charge in [0.2, 0.25) is 0 Å². The van der Waals surface area contributed by atoms with Gasteiger partial charge in [0, 0.05) is 24.3 Å². The molecule has 2 aromatic carbocycles. The average molecular weight is 322 g/mol. The molecule has 0 spiro atoms. The van der Waals surface area contributed by atoms with Crippen LogP contribution in [0.2, 0.25) is 0 Å². The second kappa shape index (κ2) is 5.18. The van der Waals surface area contributed by atoms with Crippen LogP contribution in [-0.2, 0) is 16.8 Å². The van der Waals surface area contributed by atoms with E-state index in [1.807, 2.05) is 54.6 Å². The third-order valence-corrected chi connectivity index (χ3v) is 5.70. The van der Waals surface area contributed by atoms with E-state index < -0.39 is 11.2 Å². The highest BCUT2D eigenvalue weighted by molar-refractivity contribution is 5.95. The van der Waals surface area contributed by atoms with Gasteiger partial charge in [0.05, 0.1) is 0 Å². The first-order valence-corrected chi connectivity index (χ1v) is 8.57. The largest absolute Gasteiger partial charge is 0.482 e. The van der Waals surface area contributed by atoms with E-state index >= 15 is 0 Å². The minimum atomic E-state index is -1.56. The summed E-state index contributed by atoms with van der Waals surface area (Å²) in [5, 5.41) is 11.6.